The number of aliphatic hydroxyl groups is 2. The first-order valence-corrected chi connectivity index (χ1v) is 16.7. The van der Waals surface area contributed by atoms with Gasteiger partial charge in [0.05, 0.1) is 23.2 Å². The van der Waals surface area contributed by atoms with Crippen LogP contribution in [-0.2, 0) is 27.2 Å². The van der Waals surface area contributed by atoms with Crippen LogP contribution in [0.1, 0.15) is 56.2 Å². The maximum Gasteiger partial charge on any atom is 0.243 e. The first kappa shape index (κ1) is 36.2. The summed E-state index contributed by atoms with van der Waals surface area (Å²) in [7, 11) is 5.59. The number of nitrogens with zero attached hydrogens (tertiary/aromatic N) is 3. The molecule has 45 heavy (non-hydrogen) atoms. The van der Waals surface area contributed by atoms with Gasteiger partial charge in [0.15, 0.2) is 0 Å². The largest absolute Gasteiger partial charge is 0.387 e. The number of hydrogen-bond donors (Lipinski definition) is 4. The summed E-state index contributed by atoms with van der Waals surface area (Å²) in [6, 6.07) is 7.66. The van der Waals surface area contributed by atoms with Crippen LogP contribution in [0.15, 0.2) is 41.2 Å². The summed E-state index contributed by atoms with van der Waals surface area (Å²) in [6.07, 6.45) is 8.75. The highest BCUT2D eigenvalue weighted by molar-refractivity contribution is 7.07. The van der Waals surface area contributed by atoms with Crippen molar-refractivity contribution in [3.05, 3.63) is 52.5 Å². The molecular weight excluding hydrogens is 590 g/mol. The topological polar surface area (TPSA) is 135 Å². The highest BCUT2D eigenvalue weighted by Gasteiger charge is 2.34. The predicted molar refractivity (Wildman–Crippen MR) is 176 cm³/mol. The number of carbonyl (C=O) groups excluding carboxylic acids is 3. The van der Waals surface area contributed by atoms with E-state index in [-0.39, 0.29) is 24.7 Å². The first-order valence-electron chi connectivity index (χ1n) is 15.8. The molecule has 1 aromatic heterocycles. The molecule has 3 rings (SSSR count). The quantitative estimate of drug-likeness (QED) is 0.195. The second-order valence-corrected chi connectivity index (χ2v) is 13.1. The zero-order valence-electron chi connectivity index (χ0n) is 26.7. The van der Waals surface area contributed by atoms with Crippen LogP contribution in [-0.4, -0.2) is 101 Å². The zero-order valence-corrected chi connectivity index (χ0v) is 27.5. The number of aliphatic hydroxyl groups excluding tert-OH is 2. The van der Waals surface area contributed by atoms with Gasteiger partial charge in [0.1, 0.15) is 18.2 Å². The highest BCUT2D eigenvalue weighted by Crippen LogP contribution is 2.28. The molecule has 1 aliphatic carbocycles. The lowest BCUT2D eigenvalue weighted by Gasteiger charge is -2.32. The molecule has 1 aliphatic rings. The molecule has 1 saturated carbocycles. The van der Waals surface area contributed by atoms with Crippen molar-refractivity contribution in [1.82, 2.24) is 25.4 Å². The van der Waals surface area contributed by atoms with Gasteiger partial charge in [0.2, 0.25) is 17.7 Å². The zero-order chi connectivity index (χ0) is 32.8. The summed E-state index contributed by atoms with van der Waals surface area (Å²) < 4.78 is 0. The lowest BCUT2D eigenvalue weighted by Crippen LogP contribution is -2.56. The fourth-order valence-electron chi connectivity index (χ4n) is 5.71. The maximum atomic E-state index is 13.9. The number of likely N-dealkylation sites (N-methyl/N-ethyl adjacent to an activating group) is 2. The summed E-state index contributed by atoms with van der Waals surface area (Å²) in [4.78, 5) is 48.9. The second-order valence-electron chi connectivity index (χ2n) is 12.4. The van der Waals surface area contributed by atoms with Crippen molar-refractivity contribution < 1.29 is 24.6 Å². The van der Waals surface area contributed by atoms with Crippen molar-refractivity contribution >= 4 is 29.1 Å². The Kier molecular flexibility index (Phi) is 15.0. The van der Waals surface area contributed by atoms with E-state index >= 15 is 0 Å². The van der Waals surface area contributed by atoms with E-state index in [2.05, 4.69) is 21.5 Å². The minimum absolute atomic E-state index is 0.0208. The van der Waals surface area contributed by atoms with Crippen molar-refractivity contribution in [2.45, 2.75) is 82.1 Å². The summed E-state index contributed by atoms with van der Waals surface area (Å²) in [5.41, 5.74) is 3.19. The van der Waals surface area contributed by atoms with Crippen LogP contribution in [0.3, 0.4) is 0 Å². The van der Waals surface area contributed by atoms with Crippen LogP contribution >= 0.6 is 11.3 Å². The molecule has 0 saturated heterocycles. The van der Waals surface area contributed by atoms with Crippen LogP contribution < -0.4 is 10.6 Å². The Morgan fingerprint density at radius 2 is 1.73 bits per heavy atom. The van der Waals surface area contributed by atoms with E-state index in [0.717, 1.165) is 37.7 Å². The molecule has 2 aromatic rings. The molecule has 0 radical (unpaired) electrons. The molecule has 0 unspecified atom stereocenters. The summed E-state index contributed by atoms with van der Waals surface area (Å²) in [6.45, 7) is 1.21. The lowest BCUT2D eigenvalue weighted by molar-refractivity contribution is -0.136. The van der Waals surface area contributed by atoms with Gasteiger partial charge in [-0.25, -0.2) is 4.98 Å². The molecule has 0 spiro atoms. The molecule has 11 heteroatoms. The molecule has 1 fully saturated rings. The summed E-state index contributed by atoms with van der Waals surface area (Å²) in [5.74, 6) is 0.641. The van der Waals surface area contributed by atoms with Gasteiger partial charge in [-0.05, 0) is 38.4 Å². The molecule has 1 aromatic carbocycles. The number of thiazole rings is 1. The monoisotopic (exact) mass is 639 g/mol. The van der Waals surface area contributed by atoms with Crippen molar-refractivity contribution in [3.8, 4) is 12.3 Å². The van der Waals surface area contributed by atoms with Crippen LogP contribution in [0.2, 0.25) is 0 Å². The van der Waals surface area contributed by atoms with Gasteiger partial charge in [-0.3, -0.25) is 14.4 Å². The summed E-state index contributed by atoms with van der Waals surface area (Å²) in [5, 5.41) is 28.8. The standard InChI is InChI=1S/C34H49N5O5S/c1-5-30(40)32(42)28(19-25-14-10-7-11-15-25)36-34(44)29(21-27-22-45-23-35-27)37-33(43)26(18-24-12-8-6-9-13-24)20-31(41)39(4)17-16-38(2)3/h1,6,8-9,12-13,22-23,25-26,28-30,32,40,42H,7,10-11,14-21H2,2-4H3,(H,36,44)(H,37,43)/t26-,28+,29+,30+,32-/m1/s1. The number of rotatable bonds is 17. The average Bonchev–Trinajstić information content (AvgIpc) is 3.56. The van der Waals surface area contributed by atoms with E-state index in [1.54, 1.807) is 17.5 Å². The van der Waals surface area contributed by atoms with Crippen molar-refractivity contribution in [2.24, 2.45) is 11.8 Å². The van der Waals surface area contributed by atoms with E-state index in [0.29, 0.717) is 31.6 Å². The number of terminal acetylenes is 1. The molecule has 0 aliphatic heterocycles. The SMILES string of the molecule is C#C[C@H](O)[C@H](O)[C@H](CC1CCCCC1)NC(=O)[C@H](Cc1cscn1)NC(=O)[C@@H](CC(=O)N(C)CCN(C)C)Cc1ccccc1. The number of benzene rings is 1. The molecule has 4 N–H and O–H groups in total. The Balaban J connectivity index is 1.82. The lowest BCUT2D eigenvalue weighted by atomic mass is 9.83. The van der Waals surface area contributed by atoms with Crippen molar-refractivity contribution in [1.29, 1.82) is 0 Å². The van der Waals surface area contributed by atoms with Gasteiger partial charge in [0.25, 0.3) is 0 Å². The number of aromatic nitrogens is 1. The third-order valence-electron chi connectivity index (χ3n) is 8.50. The maximum absolute atomic E-state index is 13.9. The Labute approximate surface area is 271 Å². The van der Waals surface area contributed by atoms with E-state index < -0.39 is 42.0 Å². The molecular formula is C34H49N5O5S. The number of nitrogens with one attached hydrogen (secondary N) is 2. The molecule has 0 bridgehead atoms. The smallest absolute Gasteiger partial charge is 0.243 e. The third-order valence-corrected chi connectivity index (χ3v) is 9.14. The van der Waals surface area contributed by atoms with Crippen LogP contribution in [0, 0.1) is 24.2 Å². The van der Waals surface area contributed by atoms with E-state index in [9.17, 15) is 24.6 Å². The van der Waals surface area contributed by atoms with E-state index in [1.807, 2.05) is 54.7 Å². The molecule has 5 atom stereocenters. The second kappa shape index (κ2) is 18.6. The third kappa shape index (κ3) is 12.2. The highest BCUT2D eigenvalue weighted by atomic mass is 32.1. The first-order chi connectivity index (χ1) is 21.6. The number of hydrogen-bond acceptors (Lipinski definition) is 8. The van der Waals surface area contributed by atoms with Crippen LogP contribution in [0.25, 0.3) is 0 Å². The average molecular weight is 640 g/mol. The van der Waals surface area contributed by atoms with Crippen molar-refractivity contribution in [3.63, 3.8) is 0 Å². The fraction of sp³-hybridized carbons (Fsp3) is 0.588. The summed E-state index contributed by atoms with van der Waals surface area (Å²) >= 11 is 1.38. The Hall–Kier alpha value is -3.30. The Morgan fingerprint density at radius 3 is 2.36 bits per heavy atom. The van der Waals surface area contributed by atoms with Crippen LogP contribution in [0.4, 0.5) is 0 Å². The van der Waals surface area contributed by atoms with Crippen molar-refractivity contribution in [2.75, 3.05) is 34.2 Å². The van der Waals surface area contributed by atoms with Gasteiger partial charge in [-0.2, -0.15) is 0 Å². The van der Waals surface area contributed by atoms with Crippen LogP contribution in [0.5, 0.6) is 0 Å². The minimum atomic E-state index is -1.45. The normalized spacial score (nSPS) is 17.0. The van der Waals surface area contributed by atoms with Gasteiger partial charge in [-0.1, -0.05) is 68.4 Å². The van der Waals surface area contributed by atoms with E-state index in [1.165, 1.54) is 11.3 Å². The minimum Gasteiger partial charge on any atom is -0.387 e. The molecule has 3 amide bonds. The van der Waals surface area contributed by atoms with Gasteiger partial charge in [0, 0.05) is 38.4 Å². The number of carbonyl (C=O) groups is 3. The van der Waals surface area contributed by atoms with Gasteiger partial charge in [-0.15, -0.1) is 17.8 Å². The molecule has 1 heterocycles. The molecule has 246 valence electrons. The molecule has 10 nitrogen and oxygen atoms in total. The Bertz CT molecular complexity index is 1230. The van der Waals surface area contributed by atoms with Gasteiger partial charge < -0.3 is 30.6 Å². The van der Waals surface area contributed by atoms with Gasteiger partial charge >= 0.3 is 0 Å². The number of amides is 3. The Morgan fingerprint density at radius 1 is 1.02 bits per heavy atom. The predicted octanol–water partition coefficient (Wildman–Crippen LogP) is 2.25. The van der Waals surface area contributed by atoms with E-state index in [4.69, 9.17) is 6.42 Å². The fourth-order valence-corrected chi connectivity index (χ4v) is 6.28.